The summed E-state index contributed by atoms with van der Waals surface area (Å²) >= 11 is 0. The van der Waals surface area contributed by atoms with Crippen LogP contribution in [-0.2, 0) is 9.84 Å². The molecule has 10 heavy (non-hydrogen) atoms. The number of aliphatic hydroxyl groups is 1. The van der Waals surface area contributed by atoms with Crippen molar-refractivity contribution < 1.29 is 13.5 Å². The molecule has 1 heterocycles. The molecular formula is C6H12O3S. The minimum atomic E-state index is -2.88. The predicted octanol–water partition coefficient (Wildman–Crippen LogP) is -0.0556. The van der Waals surface area contributed by atoms with E-state index in [0.29, 0.717) is 12.8 Å². The van der Waals surface area contributed by atoms with Crippen molar-refractivity contribution in [1.82, 2.24) is 0 Å². The Morgan fingerprint density at radius 2 is 2.30 bits per heavy atom. The average Bonchev–Trinajstić information content (AvgIpc) is 1.86. The Hall–Kier alpha value is -0.0900. The highest BCUT2D eigenvalue weighted by Crippen LogP contribution is 2.24. The summed E-state index contributed by atoms with van der Waals surface area (Å²) in [6.45, 7) is 1.79. The Labute approximate surface area is 61.0 Å². The monoisotopic (exact) mass is 164 g/mol. The Morgan fingerprint density at radius 3 is 2.40 bits per heavy atom. The lowest BCUT2D eigenvalue weighted by molar-refractivity contribution is 0.156. The molecule has 1 rings (SSSR count). The van der Waals surface area contributed by atoms with Crippen LogP contribution in [0.5, 0.6) is 0 Å². The van der Waals surface area contributed by atoms with Gasteiger partial charge in [0.2, 0.25) is 0 Å². The summed E-state index contributed by atoms with van der Waals surface area (Å²) in [5.74, 6) is 0.259. The number of rotatable bonds is 2. The second kappa shape index (κ2) is 2.51. The second-order valence-electron chi connectivity index (χ2n) is 2.67. The van der Waals surface area contributed by atoms with Crippen LogP contribution in [0.25, 0.3) is 0 Å². The first-order valence-electron chi connectivity index (χ1n) is 3.47. The molecule has 0 radical (unpaired) electrons. The fourth-order valence-electron chi connectivity index (χ4n) is 1.14. The number of sulfone groups is 1. The third-order valence-corrected chi connectivity index (χ3v) is 4.27. The quantitative estimate of drug-likeness (QED) is 0.622. The van der Waals surface area contributed by atoms with E-state index in [1.807, 2.05) is 0 Å². The molecule has 0 aromatic rings. The highest BCUT2D eigenvalue weighted by atomic mass is 32.2. The summed E-state index contributed by atoms with van der Waals surface area (Å²) in [5.41, 5.74) is 0. The lowest BCUT2D eigenvalue weighted by atomic mass is 10.1. The molecule has 0 amide bonds. The third-order valence-electron chi connectivity index (χ3n) is 2.00. The van der Waals surface area contributed by atoms with Crippen LogP contribution in [0.4, 0.5) is 0 Å². The molecule has 60 valence electrons. The fraction of sp³-hybridized carbons (Fsp3) is 1.00. The molecule has 4 heteroatoms. The van der Waals surface area contributed by atoms with Gasteiger partial charge in [-0.25, -0.2) is 8.42 Å². The van der Waals surface area contributed by atoms with E-state index in [0.717, 1.165) is 0 Å². The summed E-state index contributed by atoms with van der Waals surface area (Å²) in [6.07, 6.45) is 0.528. The summed E-state index contributed by atoms with van der Waals surface area (Å²) in [5, 5.41) is 8.67. The molecule has 1 fully saturated rings. The van der Waals surface area contributed by atoms with Gasteiger partial charge < -0.3 is 5.11 Å². The van der Waals surface area contributed by atoms with E-state index in [4.69, 9.17) is 5.11 Å². The molecule has 0 bridgehead atoms. The van der Waals surface area contributed by atoms with Crippen LogP contribution in [0.1, 0.15) is 19.8 Å². The van der Waals surface area contributed by atoms with Crippen LogP contribution in [0.2, 0.25) is 0 Å². The average molecular weight is 164 g/mol. The zero-order valence-electron chi connectivity index (χ0n) is 5.95. The minimum absolute atomic E-state index is 0.259. The lowest BCUT2D eigenvalue weighted by Gasteiger charge is -2.29. The summed E-state index contributed by atoms with van der Waals surface area (Å²) in [7, 11) is -2.88. The van der Waals surface area contributed by atoms with E-state index >= 15 is 0 Å². The molecular weight excluding hydrogens is 152 g/mol. The van der Waals surface area contributed by atoms with Crippen LogP contribution in [0.15, 0.2) is 0 Å². The minimum Gasteiger partial charge on any atom is -0.392 e. The SMILES string of the molecule is CCC(O)C1CCS1(=O)=O. The Morgan fingerprint density at radius 1 is 1.70 bits per heavy atom. The van der Waals surface area contributed by atoms with Crippen molar-refractivity contribution in [2.24, 2.45) is 0 Å². The largest absolute Gasteiger partial charge is 0.392 e. The normalized spacial score (nSPS) is 32.8. The van der Waals surface area contributed by atoms with Gasteiger partial charge in [0.05, 0.1) is 17.1 Å². The number of hydrogen-bond donors (Lipinski definition) is 1. The first kappa shape index (κ1) is 8.01. The smallest absolute Gasteiger partial charge is 0.155 e. The van der Waals surface area contributed by atoms with Gasteiger partial charge in [0, 0.05) is 0 Å². The zero-order valence-corrected chi connectivity index (χ0v) is 6.76. The molecule has 0 aromatic heterocycles. The molecule has 1 aliphatic heterocycles. The van der Waals surface area contributed by atoms with Gasteiger partial charge in [-0.1, -0.05) is 6.92 Å². The third kappa shape index (κ3) is 1.18. The van der Waals surface area contributed by atoms with E-state index in [1.165, 1.54) is 0 Å². The summed E-state index contributed by atoms with van der Waals surface area (Å²) in [4.78, 5) is 0. The van der Waals surface area contributed by atoms with Crippen molar-refractivity contribution in [3.63, 3.8) is 0 Å². The predicted molar refractivity (Wildman–Crippen MR) is 38.5 cm³/mol. The Kier molecular flexibility index (Phi) is 2.01. The molecule has 0 aliphatic carbocycles. The molecule has 0 saturated carbocycles. The van der Waals surface area contributed by atoms with Crippen molar-refractivity contribution in [2.75, 3.05) is 5.75 Å². The first-order valence-corrected chi connectivity index (χ1v) is 5.19. The van der Waals surface area contributed by atoms with Gasteiger partial charge in [-0.2, -0.15) is 0 Å². The standard InChI is InChI=1S/C6H12O3S/c1-2-5(7)6-3-4-10(6,8)9/h5-7H,2-4H2,1H3. The van der Waals surface area contributed by atoms with Gasteiger partial charge in [0.1, 0.15) is 0 Å². The lowest BCUT2D eigenvalue weighted by Crippen LogP contribution is -2.44. The first-order chi connectivity index (χ1) is 4.58. The van der Waals surface area contributed by atoms with Crippen molar-refractivity contribution in [2.45, 2.75) is 31.1 Å². The van der Waals surface area contributed by atoms with Gasteiger partial charge in [0.15, 0.2) is 9.84 Å². The zero-order chi connectivity index (χ0) is 7.78. The topological polar surface area (TPSA) is 54.4 Å². The maximum Gasteiger partial charge on any atom is 0.155 e. The highest BCUT2D eigenvalue weighted by Gasteiger charge is 2.39. The molecule has 1 aliphatic rings. The van der Waals surface area contributed by atoms with Crippen molar-refractivity contribution >= 4 is 9.84 Å². The molecule has 1 saturated heterocycles. The van der Waals surface area contributed by atoms with Gasteiger partial charge in [-0.3, -0.25) is 0 Å². The van der Waals surface area contributed by atoms with Gasteiger partial charge in [0.25, 0.3) is 0 Å². The van der Waals surface area contributed by atoms with E-state index in [2.05, 4.69) is 0 Å². The van der Waals surface area contributed by atoms with Crippen molar-refractivity contribution in [3.05, 3.63) is 0 Å². The molecule has 0 aromatic carbocycles. The van der Waals surface area contributed by atoms with E-state index in [-0.39, 0.29) is 5.75 Å². The Balaban J connectivity index is 2.60. The van der Waals surface area contributed by atoms with Crippen molar-refractivity contribution in [3.8, 4) is 0 Å². The number of aliphatic hydroxyl groups excluding tert-OH is 1. The molecule has 0 spiro atoms. The van der Waals surface area contributed by atoms with Gasteiger partial charge in [-0.15, -0.1) is 0 Å². The molecule has 2 unspecified atom stereocenters. The summed E-state index contributed by atoms with van der Waals surface area (Å²) < 4.78 is 21.7. The summed E-state index contributed by atoms with van der Waals surface area (Å²) in [6, 6.07) is 0. The highest BCUT2D eigenvalue weighted by molar-refractivity contribution is 7.93. The van der Waals surface area contributed by atoms with Gasteiger partial charge in [-0.05, 0) is 12.8 Å². The molecule has 3 nitrogen and oxygen atoms in total. The Bertz CT molecular complexity index is 207. The molecule has 2 atom stereocenters. The van der Waals surface area contributed by atoms with E-state index in [9.17, 15) is 8.42 Å². The van der Waals surface area contributed by atoms with Crippen LogP contribution in [-0.4, -0.2) is 30.6 Å². The second-order valence-corrected chi connectivity index (χ2v) is 5.01. The van der Waals surface area contributed by atoms with Crippen molar-refractivity contribution in [1.29, 1.82) is 0 Å². The van der Waals surface area contributed by atoms with Gasteiger partial charge >= 0.3 is 0 Å². The van der Waals surface area contributed by atoms with Crippen LogP contribution < -0.4 is 0 Å². The van der Waals surface area contributed by atoms with E-state index in [1.54, 1.807) is 6.92 Å². The van der Waals surface area contributed by atoms with Crippen LogP contribution >= 0.6 is 0 Å². The van der Waals surface area contributed by atoms with E-state index < -0.39 is 21.2 Å². The maximum absolute atomic E-state index is 10.9. The molecule has 1 N–H and O–H groups in total. The maximum atomic E-state index is 10.9. The number of hydrogen-bond acceptors (Lipinski definition) is 3. The fourth-order valence-corrected chi connectivity index (χ4v) is 2.70. The van der Waals surface area contributed by atoms with Crippen LogP contribution in [0.3, 0.4) is 0 Å². The van der Waals surface area contributed by atoms with Crippen LogP contribution in [0, 0.1) is 0 Å².